The summed E-state index contributed by atoms with van der Waals surface area (Å²) in [6.45, 7) is 4.31. The fourth-order valence-corrected chi connectivity index (χ4v) is 4.85. The Morgan fingerprint density at radius 3 is 2.33 bits per heavy atom. The third-order valence-electron chi connectivity index (χ3n) is 7.00. The monoisotopic (exact) mass is 489 g/mol. The first-order valence-corrected chi connectivity index (χ1v) is 12.7. The molecule has 6 nitrogen and oxygen atoms in total. The normalized spacial score (nSPS) is 14.9. The molecule has 0 saturated heterocycles. The Balaban J connectivity index is 1.55. The van der Waals surface area contributed by atoms with Crippen molar-refractivity contribution in [1.82, 2.24) is 4.90 Å². The molecule has 1 unspecified atom stereocenters. The molecular weight excluding hydrogens is 454 g/mol. The van der Waals surface area contributed by atoms with Crippen molar-refractivity contribution in [3.63, 3.8) is 0 Å². The number of rotatable bonds is 9. The van der Waals surface area contributed by atoms with Crippen LogP contribution in [0.15, 0.2) is 59.0 Å². The molecule has 1 N–H and O–H groups in total. The van der Waals surface area contributed by atoms with Gasteiger partial charge >= 0.3 is 5.97 Å². The van der Waals surface area contributed by atoms with Gasteiger partial charge in [0.25, 0.3) is 5.91 Å². The van der Waals surface area contributed by atoms with Crippen LogP contribution in [-0.2, 0) is 4.79 Å². The van der Waals surface area contributed by atoms with E-state index < -0.39 is 5.97 Å². The summed E-state index contributed by atoms with van der Waals surface area (Å²) in [4.78, 5) is 24.9. The molecule has 1 atom stereocenters. The van der Waals surface area contributed by atoms with Crippen LogP contribution in [0.2, 0.25) is 0 Å². The molecule has 1 amide bonds. The molecule has 3 aromatic rings. The maximum Gasteiger partial charge on any atom is 0.305 e. The molecule has 1 fully saturated rings. The summed E-state index contributed by atoms with van der Waals surface area (Å²) in [6, 6.07) is 17.5. The number of ether oxygens (including phenoxy) is 1. The Morgan fingerprint density at radius 1 is 1.03 bits per heavy atom. The van der Waals surface area contributed by atoms with Crippen LogP contribution in [0.5, 0.6) is 5.75 Å². The predicted molar refractivity (Wildman–Crippen MR) is 139 cm³/mol. The molecule has 190 valence electrons. The fraction of sp³-hybridized carbons (Fsp3) is 0.400. The number of carboxylic acid groups (broad SMARTS) is 1. The Hall–Kier alpha value is -3.54. The number of aliphatic carboxylic acids is 1. The van der Waals surface area contributed by atoms with Crippen molar-refractivity contribution in [2.24, 2.45) is 5.92 Å². The van der Waals surface area contributed by atoms with Gasteiger partial charge in [0, 0.05) is 30.6 Å². The minimum Gasteiger partial charge on any atom is -0.482 e. The Bertz CT molecular complexity index is 1170. The predicted octanol–water partition coefficient (Wildman–Crippen LogP) is 6.81. The molecule has 1 saturated carbocycles. The van der Waals surface area contributed by atoms with E-state index in [9.17, 15) is 9.59 Å². The van der Waals surface area contributed by atoms with Gasteiger partial charge in [-0.1, -0.05) is 49.1 Å². The molecule has 4 rings (SSSR count). The van der Waals surface area contributed by atoms with E-state index >= 15 is 0 Å². The van der Waals surface area contributed by atoms with E-state index in [4.69, 9.17) is 14.3 Å². The highest BCUT2D eigenvalue weighted by Crippen LogP contribution is 2.41. The van der Waals surface area contributed by atoms with Gasteiger partial charge in [-0.05, 0) is 62.6 Å². The topological polar surface area (TPSA) is 80.0 Å². The molecule has 36 heavy (non-hydrogen) atoms. The average Bonchev–Trinajstić information content (AvgIpc) is 3.27. The lowest BCUT2D eigenvalue weighted by Gasteiger charge is -2.30. The van der Waals surface area contributed by atoms with Crippen molar-refractivity contribution >= 4 is 11.9 Å². The van der Waals surface area contributed by atoms with Gasteiger partial charge in [0.05, 0.1) is 6.42 Å². The second kappa shape index (κ2) is 11.5. The number of furan rings is 1. The molecular formula is C30H35NO5. The van der Waals surface area contributed by atoms with Gasteiger partial charge in [-0.3, -0.25) is 9.59 Å². The summed E-state index contributed by atoms with van der Waals surface area (Å²) >= 11 is 0. The molecule has 1 aliphatic rings. The zero-order valence-corrected chi connectivity index (χ0v) is 21.3. The number of carboxylic acids is 1. The number of hydrogen-bond acceptors (Lipinski definition) is 4. The molecule has 0 radical (unpaired) electrons. The van der Waals surface area contributed by atoms with Crippen molar-refractivity contribution < 1.29 is 23.8 Å². The molecule has 0 bridgehead atoms. The lowest BCUT2D eigenvalue weighted by Crippen LogP contribution is -2.29. The standard InChI is InChI=1S/C30H35NO5/c1-20-9-11-22(12-10-20)26-19-21(2)28(36-26)29(23-7-5-4-6-8-23)35-25-15-13-24(14-16-25)30(34)31(3)18-17-27(32)33/h9-16,19,23,29H,4-8,17-18H2,1-3H3,(H,32,33). The number of benzene rings is 2. The second-order valence-electron chi connectivity index (χ2n) is 9.86. The lowest BCUT2D eigenvalue weighted by atomic mass is 9.83. The summed E-state index contributed by atoms with van der Waals surface area (Å²) in [5.41, 5.74) is 3.83. The van der Waals surface area contributed by atoms with Crippen molar-refractivity contribution in [2.75, 3.05) is 13.6 Å². The van der Waals surface area contributed by atoms with Crippen molar-refractivity contribution in [2.45, 2.75) is 58.5 Å². The Morgan fingerprint density at radius 2 is 1.69 bits per heavy atom. The largest absolute Gasteiger partial charge is 0.482 e. The van der Waals surface area contributed by atoms with Gasteiger partial charge in [-0.15, -0.1) is 0 Å². The SMILES string of the molecule is Cc1ccc(-c2cc(C)c(C(Oc3ccc(C(=O)N(C)CCC(=O)O)cc3)C3CCCCC3)o2)cc1. The highest BCUT2D eigenvalue weighted by Gasteiger charge is 2.31. The van der Waals surface area contributed by atoms with E-state index in [1.165, 1.54) is 29.7 Å². The summed E-state index contributed by atoms with van der Waals surface area (Å²) in [5, 5.41) is 8.87. The van der Waals surface area contributed by atoms with E-state index in [0.717, 1.165) is 35.5 Å². The second-order valence-corrected chi connectivity index (χ2v) is 9.86. The third kappa shape index (κ3) is 6.17. The van der Waals surface area contributed by atoms with Gasteiger partial charge < -0.3 is 19.2 Å². The van der Waals surface area contributed by atoms with Crippen molar-refractivity contribution in [3.8, 4) is 17.1 Å². The maximum atomic E-state index is 12.6. The van der Waals surface area contributed by atoms with E-state index in [2.05, 4.69) is 44.2 Å². The number of amides is 1. The van der Waals surface area contributed by atoms with Crippen molar-refractivity contribution in [3.05, 3.63) is 77.0 Å². The molecule has 6 heteroatoms. The summed E-state index contributed by atoms with van der Waals surface area (Å²) in [5.74, 6) is 1.62. The summed E-state index contributed by atoms with van der Waals surface area (Å²) in [7, 11) is 1.61. The fourth-order valence-electron chi connectivity index (χ4n) is 4.85. The van der Waals surface area contributed by atoms with E-state index in [1.54, 1.807) is 19.2 Å². The smallest absolute Gasteiger partial charge is 0.305 e. The van der Waals surface area contributed by atoms with Crippen molar-refractivity contribution in [1.29, 1.82) is 0 Å². The molecule has 1 heterocycles. The Labute approximate surface area is 212 Å². The number of carbonyl (C=O) groups excluding carboxylic acids is 1. The van der Waals surface area contributed by atoms with Gasteiger partial charge in [-0.2, -0.15) is 0 Å². The molecule has 2 aromatic carbocycles. The zero-order valence-electron chi connectivity index (χ0n) is 21.3. The minimum atomic E-state index is -0.925. The minimum absolute atomic E-state index is 0.0838. The summed E-state index contributed by atoms with van der Waals surface area (Å²) < 4.78 is 13.0. The average molecular weight is 490 g/mol. The summed E-state index contributed by atoms with van der Waals surface area (Å²) in [6.07, 6.45) is 5.52. The van der Waals surface area contributed by atoms with E-state index in [0.29, 0.717) is 17.2 Å². The molecule has 0 aliphatic heterocycles. The first-order chi connectivity index (χ1) is 17.3. The quantitative estimate of drug-likeness (QED) is 0.357. The van der Waals surface area contributed by atoms with Crippen LogP contribution in [0.1, 0.15) is 71.9 Å². The highest BCUT2D eigenvalue weighted by molar-refractivity contribution is 5.94. The van der Waals surface area contributed by atoms with Crippen LogP contribution in [0.25, 0.3) is 11.3 Å². The molecule has 1 aromatic heterocycles. The molecule has 1 aliphatic carbocycles. The zero-order chi connectivity index (χ0) is 25.7. The first kappa shape index (κ1) is 25.5. The Kier molecular flexibility index (Phi) is 8.14. The maximum absolute atomic E-state index is 12.6. The van der Waals surface area contributed by atoms with Gasteiger partial charge in [0.2, 0.25) is 0 Å². The van der Waals surface area contributed by atoms with Crippen LogP contribution in [0.4, 0.5) is 0 Å². The van der Waals surface area contributed by atoms with Crippen LogP contribution in [0.3, 0.4) is 0 Å². The number of nitrogens with zero attached hydrogens (tertiary/aromatic N) is 1. The van der Waals surface area contributed by atoms with Crippen LogP contribution < -0.4 is 4.74 Å². The number of hydrogen-bond donors (Lipinski definition) is 1. The number of aryl methyl sites for hydroxylation is 2. The van der Waals surface area contributed by atoms with E-state index in [1.807, 2.05) is 12.1 Å². The lowest BCUT2D eigenvalue weighted by molar-refractivity contribution is -0.137. The number of carbonyl (C=O) groups is 2. The highest BCUT2D eigenvalue weighted by atomic mass is 16.5. The first-order valence-electron chi connectivity index (χ1n) is 12.7. The third-order valence-corrected chi connectivity index (χ3v) is 7.00. The van der Waals surface area contributed by atoms with Gasteiger partial charge in [-0.25, -0.2) is 0 Å². The molecule has 0 spiro atoms. The van der Waals surface area contributed by atoms with Crippen LogP contribution in [0, 0.1) is 19.8 Å². The van der Waals surface area contributed by atoms with Crippen LogP contribution >= 0.6 is 0 Å². The van der Waals surface area contributed by atoms with E-state index in [-0.39, 0.29) is 25.0 Å². The van der Waals surface area contributed by atoms with Gasteiger partial charge in [0.15, 0.2) is 6.10 Å². The van der Waals surface area contributed by atoms with Gasteiger partial charge in [0.1, 0.15) is 17.3 Å². The van der Waals surface area contributed by atoms with Crippen LogP contribution in [-0.4, -0.2) is 35.5 Å².